The van der Waals surface area contributed by atoms with Gasteiger partial charge in [-0.1, -0.05) is 36.4 Å². The number of hydrogen-bond donors (Lipinski definition) is 2. The van der Waals surface area contributed by atoms with E-state index < -0.39 is 5.82 Å². The lowest BCUT2D eigenvalue weighted by Gasteiger charge is -2.10. The molecule has 0 saturated carbocycles. The lowest BCUT2D eigenvalue weighted by atomic mass is 10.1. The highest BCUT2D eigenvalue weighted by Gasteiger charge is 2.13. The van der Waals surface area contributed by atoms with Gasteiger partial charge in [-0.3, -0.25) is 4.79 Å². The van der Waals surface area contributed by atoms with Crippen molar-refractivity contribution in [1.82, 2.24) is 5.32 Å². The van der Waals surface area contributed by atoms with Gasteiger partial charge in [-0.05, 0) is 17.7 Å². The highest BCUT2D eigenvalue weighted by atomic mass is 19.1. The molecule has 19 heavy (non-hydrogen) atoms. The standard InChI is InChI=1S/C15H15FN2O/c1-17-14-12(8-5-9-13(14)16)15(19)18-10-11-6-3-2-4-7-11/h2-9,17H,10H2,1H3,(H,18,19). The number of nitrogens with one attached hydrogen (secondary N) is 2. The predicted molar refractivity (Wildman–Crippen MR) is 73.6 cm³/mol. The summed E-state index contributed by atoms with van der Waals surface area (Å²) in [5.74, 6) is -0.734. The number of hydrogen-bond acceptors (Lipinski definition) is 2. The maximum Gasteiger partial charge on any atom is 0.253 e. The lowest BCUT2D eigenvalue weighted by molar-refractivity contribution is 0.0951. The molecule has 3 nitrogen and oxygen atoms in total. The second kappa shape index (κ2) is 6.00. The number of halogens is 1. The normalized spacial score (nSPS) is 10.0. The van der Waals surface area contributed by atoms with E-state index in [4.69, 9.17) is 0 Å². The molecule has 0 bridgehead atoms. The first kappa shape index (κ1) is 13.1. The molecular weight excluding hydrogens is 243 g/mol. The van der Waals surface area contributed by atoms with Gasteiger partial charge in [0.1, 0.15) is 5.82 Å². The zero-order valence-electron chi connectivity index (χ0n) is 10.6. The predicted octanol–water partition coefficient (Wildman–Crippen LogP) is 2.80. The molecule has 4 heteroatoms. The molecule has 0 aromatic heterocycles. The minimum absolute atomic E-state index is 0.216. The van der Waals surface area contributed by atoms with Gasteiger partial charge in [0.05, 0.1) is 11.3 Å². The molecule has 0 atom stereocenters. The number of carbonyl (C=O) groups excluding carboxylic acids is 1. The molecule has 0 fully saturated rings. The fourth-order valence-electron chi connectivity index (χ4n) is 1.84. The molecule has 2 aromatic rings. The minimum Gasteiger partial charge on any atom is -0.385 e. The van der Waals surface area contributed by atoms with Crippen molar-refractivity contribution in [3.8, 4) is 0 Å². The van der Waals surface area contributed by atoms with Crippen molar-refractivity contribution in [1.29, 1.82) is 0 Å². The fraction of sp³-hybridized carbons (Fsp3) is 0.133. The Hall–Kier alpha value is -2.36. The zero-order valence-corrected chi connectivity index (χ0v) is 10.6. The molecule has 0 aliphatic carbocycles. The molecule has 0 saturated heterocycles. The fourth-order valence-corrected chi connectivity index (χ4v) is 1.84. The Morgan fingerprint density at radius 1 is 1.11 bits per heavy atom. The van der Waals surface area contributed by atoms with Crippen LogP contribution < -0.4 is 10.6 Å². The largest absolute Gasteiger partial charge is 0.385 e. The summed E-state index contributed by atoms with van der Waals surface area (Å²) < 4.78 is 13.5. The zero-order chi connectivity index (χ0) is 13.7. The summed E-state index contributed by atoms with van der Waals surface area (Å²) in [4.78, 5) is 12.0. The Labute approximate surface area is 111 Å². The van der Waals surface area contributed by atoms with Crippen LogP contribution in [0.2, 0.25) is 0 Å². The quantitative estimate of drug-likeness (QED) is 0.885. The van der Waals surface area contributed by atoms with Crippen molar-refractivity contribution in [3.05, 3.63) is 65.5 Å². The third kappa shape index (κ3) is 3.10. The van der Waals surface area contributed by atoms with Crippen LogP contribution >= 0.6 is 0 Å². The van der Waals surface area contributed by atoms with Crippen molar-refractivity contribution in [3.63, 3.8) is 0 Å². The van der Waals surface area contributed by atoms with Crippen molar-refractivity contribution < 1.29 is 9.18 Å². The number of carbonyl (C=O) groups is 1. The summed E-state index contributed by atoms with van der Waals surface area (Å²) in [6.45, 7) is 0.416. The first-order chi connectivity index (χ1) is 9.22. The Morgan fingerprint density at radius 2 is 1.84 bits per heavy atom. The van der Waals surface area contributed by atoms with E-state index in [1.165, 1.54) is 12.1 Å². The molecular formula is C15H15FN2O. The summed E-state index contributed by atoms with van der Waals surface area (Å²) in [6, 6.07) is 14.0. The van der Waals surface area contributed by atoms with Gasteiger partial charge in [-0.25, -0.2) is 4.39 Å². The average molecular weight is 258 g/mol. The minimum atomic E-state index is -0.435. The molecule has 98 valence electrons. The van der Waals surface area contributed by atoms with Gasteiger partial charge < -0.3 is 10.6 Å². The third-order valence-electron chi connectivity index (χ3n) is 2.80. The number of para-hydroxylation sites is 1. The summed E-state index contributed by atoms with van der Waals surface area (Å²) in [7, 11) is 1.59. The van der Waals surface area contributed by atoms with Crippen molar-refractivity contribution in [2.75, 3.05) is 12.4 Å². The van der Waals surface area contributed by atoms with Crippen LogP contribution in [0.15, 0.2) is 48.5 Å². The van der Waals surface area contributed by atoms with E-state index in [9.17, 15) is 9.18 Å². The summed E-state index contributed by atoms with van der Waals surface area (Å²) in [5, 5.41) is 5.48. The maximum atomic E-state index is 13.5. The van der Waals surface area contributed by atoms with E-state index in [1.54, 1.807) is 13.1 Å². The second-order valence-electron chi connectivity index (χ2n) is 4.08. The Balaban J connectivity index is 2.10. The van der Waals surface area contributed by atoms with Crippen molar-refractivity contribution in [2.45, 2.75) is 6.54 Å². The van der Waals surface area contributed by atoms with Crippen LogP contribution in [0.1, 0.15) is 15.9 Å². The van der Waals surface area contributed by atoms with Gasteiger partial charge in [-0.2, -0.15) is 0 Å². The van der Waals surface area contributed by atoms with Gasteiger partial charge in [0.15, 0.2) is 0 Å². The first-order valence-electron chi connectivity index (χ1n) is 6.00. The topological polar surface area (TPSA) is 41.1 Å². The molecule has 0 heterocycles. The van der Waals surface area contributed by atoms with Crippen molar-refractivity contribution >= 4 is 11.6 Å². The molecule has 1 amide bonds. The van der Waals surface area contributed by atoms with E-state index in [0.29, 0.717) is 12.1 Å². The van der Waals surface area contributed by atoms with Gasteiger partial charge in [0, 0.05) is 13.6 Å². The van der Waals surface area contributed by atoms with Crippen LogP contribution in [0.3, 0.4) is 0 Å². The van der Waals surface area contributed by atoms with Gasteiger partial charge in [-0.15, -0.1) is 0 Å². The van der Waals surface area contributed by atoms with Crippen molar-refractivity contribution in [2.24, 2.45) is 0 Å². The first-order valence-corrected chi connectivity index (χ1v) is 6.00. The second-order valence-corrected chi connectivity index (χ2v) is 4.08. The van der Waals surface area contributed by atoms with E-state index in [-0.39, 0.29) is 11.6 Å². The van der Waals surface area contributed by atoms with Gasteiger partial charge in [0.25, 0.3) is 5.91 Å². The molecule has 0 aliphatic rings. The lowest BCUT2D eigenvalue weighted by Crippen LogP contribution is -2.24. The Bertz CT molecular complexity index is 570. The van der Waals surface area contributed by atoms with Crippen LogP contribution in [0.25, 0.3) is 0 Å². The monoisotopic (exact) mass is 258 g/mol. The Kier molecular flexibility index (Phi) is 4.13. The summed E-state index contributed by atoms with van der Waals surface area (Å²) >= 11 is 0. The molecule has 0 unspecified atom stereocenters. The average Bonchev–Trinajstić information content (AvgIpc) is 2.45. The summed E-state index contributed by atoms with van der Waals surface area (Å²) in [6.07, 6.45) is 0. The number of amides is 1. The van der Waals surface area contributed by atoms with E-state index >= 15 is 0 Å². The van der Waals surface area contributed by atoms with Crippen LogP contribution in [-0.4, -0.2) is 13.0 Å². The summed E-state index contributed by atoms with van der Waals surface area (Å²) in [5.41, 5.74) is 1.52. The molecule has 0 radical (unpaired) electrons. The van der Waals surface area contributed by atoms with Gasteiger partial charge >= 0.3 is 0 Å². The third-order valence-corrected chi connectivity index (χ3v) is 2.80. The van der Waals surface area contributed by atoms with Crippen LogP contribution in [0.4, 0.5) is 10.1 Å². The highest BCUT2D eigenvalue weighted by molar-refractivity contribution is 5.99. The highest BCUT2D eigenvalue weighted by Crippen LogP contribution is 2.19. The van der Waals surface area contributed by atoms with E-state index in [0.717, 1.165) is 5.56 Å². The molecule has 2 rings (SSSR count). The number of anilines is 1. The molecule has 2 N–H and O–H groups in total. The molecule has 0 aliphatic heterocycles. The van der Waals surface area contributed by atoms with Crippen LogP contribution in [0, 0.1) is 5.82 Å². The number of rotatable bonds is 4. The van der Waals surface area contributed by atoms with E-state index in [1.807, 2.05) is 30.3 Å². The molecule has 2 aromatic carbocycles. The SMILES string of the molecule is CNc1c(F)cccc1C(=O)NCc1ccccc1. The Morgan fingerprint density at radius 3 is 2.53 bits per heavy atom. The van der Waals surface area contributed by atoms with E-state index in [2.05, 4.69) is 10.6 Å². The van der Waals surface area contributed by atoms with Crippen LogP contribution in [0.5, 0.6) is 0 Å². The smallest absolute Gasteiger partial charge is 0.253 e. The van der Waals surface area contributed by atoms with Crippen LogP contribution in [-0.2, 0) is 6.54 Å². The number of benzene rings is 2. The molecule has 0 spiro atoms. The van der Waals surface area contributed by atoms with Gasteiger partial charge in [0.2, 0.25) is 0 Å². The maximum absolute atomic E-state index is 13.5.